The highest BCUT2D eigenvalue weighted by Crippen LogP contribution is 2.26. The Balaban J connectivity index is 1.76. The highest BCUT2D eigenvalue weighted by atomic mass is 16.5. The number of methoxy groups -OCH3 is 1. The van der Waals surface area contributed by atoms with Gasteiger partial charge in [-0.2, -0.15) is 5.10 Å². The zero-order valence-electron chi connectivity index (χ0n) is 15.5. The average Bonchev–Trinajstić information content (AvgIpc) is 3.07. The van der Waals surface area contributed by atoms with Gasteiger partial charge in [-0.3, -0.25) is 4.79 Å². The lowest BCUT2D eigenvalue weighted by Crippen LogP contribution is -2.27. The molecule has 1 N–H and O–H groups in total. The quantitative estimate of drug-likeness (QED) is 0.758. The molecule has 1 atom stereocenters. The molecule has 3 aromatic rings. The monoisotopic (exact) mass is 349 g/mol. The molecule has 134 valence electrons. The maximum Gasteiger partial charge on any atom is 0.251 e. The maximum absolute atomic E-state index is 12.6. The van der Waals surface area contributed by atoms with Gasteiger partial charge in [0.05, 0.1) is 18.8 Å². The molecule has 26 heavy (non-hydrogen) atoms. The molecule has 0 fully saturated rings. The summed E-state index contributed by atoms with van der Waals surface area (Å²) in [6.45, 7) is 5.97. The Morgan fingerprint density at radius 3 is 2.46 bits per heavy atom. The second-order valence-electron chi connectivity index (χ2n) is 6.37. The van der Waals surface area contributed by atoms with Crippen LogP contribution in [0.2, 0.25) is 0 Å². The van der Waals surface area contributed by atoms with Crippen LogP contribution in [0.3, 0.4) is 0 Å². The molecule has 0 unspecified atom stereocenters. The van der Waals surface area contributed by atoms with Crippen molar-refractivity contribution < 1.29 is 9.53 Å². The van der Waals surface area contributed by atoms with Gasteiger partial charge < -0.3 is 10.1 Å². The van der Waals surface area contributed by atoms with E-state index >= 15 is 0 Å². The van der Waals surface area contributed by atoms with Gasteiger partial charge in [0.2, 0.25) is 0 Å². The van der Waals surface area contributed by atoms with Crippen LogP contribution in [0.5, 0.6) is 5.75 Å². The first-order valence-corrected chi connectivity index (χ1v) is 8.56. The Hall–Kier alpha value is -3.08. The topological polar surface area (TPSA) is 56.1 Å². The molecule has 1 aromatic heterocycles. The van der Waals surface area contributed by atoms with E-state index in [9.17, 15) is 4.79 Å². The molecular weight excluding hydrogens is 326 g/mol. The number of carbonyl (C=O) groups is 1. The van der Waals surface area contributed by atoms with Gasteiger partial charge in [0.15, 0.2) is 0 Å². The third-order valence-corrected chi connectivity index (χ3v) is 4.41. The SMILES string of the molecule is COc1ccc(C)cc1[C@@H](C)NC(=O)c1ccc(-n2nccc2C)cc1. The highest BCUT2D eigenvalue weighted by molar-refractivity contribution is 5.94. The zero-order chi connectivity index (χ0) is 18.7. The van der Waals surface area contributed by atoms with E-state index in [0.29, 0.717) is 5.56 Å². The molecule has 1 amide bonds. The van der Waals surface area contributed by atoms with Crippen molar-refractivity contribution in [1.29, 1.82) is 0 Å². The van der Waals surface area contributed by atoms with Crippen LogP contribution in [0.4, 0.5) is 0 Å². The van der Waals surface area contributed by atoms with Gasteiger partial charge in [0.25, 0.3) is 5.91 Å². The molecule has 0 saturated carbocycles. The van der Waals surface area contributed by atoms with Gasteiger partial charge in [0, 0.05) is 23.0 Å². The van der Waals surface area contributed by atoms with Crippen LogP contribution in [0.25, 0.3) is 5.69 Å². The van der Waals surface area contributed by atoms with E-state index in [0.717, 1.165) is 28.3 Å². The lowest BCUT2D eigenvalue weighted by molar-refractivity contribution is 0.0939. The molecule has 0 radical (unpaired) electrons. The van der Waals surface area contributed by atoms with Crippen LogP contribution < -0.4 is 10.1 Å². The maximum atomic E-state index is 12.6. The second-order valence-corrected chi connectivity index (χ2v) is 6.37. The summed E-state index contributed by atoms with van der Waals surface area (Å²) in [5.41, 5.74) is 4.67. The molecule has 0 aliphatic carbocycles. The summed E-state index contributed by atoms with van der Waals surface area (Å²) in [4.78, 5) is 12.6. The first-order valence-electron chi connectivity index (χ1n) is 8.56. The average molecular weight is 349 g/mol. The van der Waals surface area contributed by atoms with Crippen molar-refractivity contribution in [2.24, 2.45) is 0 Å². The van der Waals surface area contributed by atoms with Crippen molar-refractivity contribution in [3.05, 3.63) is 77.1 Å². The van der Waals surface area contributed by atoms with Crippen LogP contribution in [-0.4, -0.2) is 22.8 Å². The molecule has 0 bridgehead atoms. The number of carbonyl (C=O) groups excluding carboxylic acids is 1. The van der Waals surface area contributed by atoms with Gasteiger partial charge in [-0.05, 0) is 57.2 Å². The zero-order valence-corrected chi connectivity index (χ0v) is 15.5. The Morgan fingerprint density at radius 1 is 1.12 bits per heavy atom. The van der Waals surface area contributed by atoms with E-state index in [4.69, 9.17) is 4.74 Å². The van der Waals surface area contributed by atoms with Gasteiger partial charge in [-0.15, -0.1) is 0 Å². The Morgan fingerprint density at radius 2 is 1.85 bits per heavy atom. The largest absolute Gasteiger partial charge is 0.496 e. The van der Waals surface area contributed by atoms with Gasteiger partial charge in [0.1, 0.15) is 5.75 Å². The summed E-state index contributed by atoms with van der Waals surface area (Å²) < 4.78 is 7.25. The third-order valence-electron chi connectivity index (χ3n) is 4.41. The van der Waals surface area contributed by atoms with Crippen LogP contribution in [0.15, 0.2) is 54.7 Å². The lowest BCUT2D eigenvalue weighted by atomic mass is 10.0. The molecule has 5 heteroatoms. The van der Waals surface area contributed by atoms with Crippen LogP contribution in [0, 0.1) is 13.8 Å². The summed E-state index contributed by atoms with van der Waals surface area (Å²) in [6, 6.07) is 15.1. The summed E-state index contributed by atoms with van der Waals surface area (Å²) in [5.74, 6) is 0.651. The Kier molecular flexibility index (Phi) is 5.07. The van der Waals surface area contributed by atoms with E-state index in [1.807, 2.05) is 74.0 Å². The number of nitrogens with zero attached hydrogens (tertiary/aromatic N) is 2. The standard InChI is InChI=1S/C21H23N3O2/c1-14-5-10-20(26-4)19(13-14)16(3)23-21(25)17-6-8-18(9-7-17)24-15(2)11-12-22-24/h5-13,16H,1-4H3,(H,23,25)/t16-/m1/s1. The van der Waals surface area contributed by atoms with Crippen molar-refractivity contribution in [3.63, 3.8) is 0 Å². The van der Waals surface area contributed by atoms with Crippen molar-refractivity contribution >= 4 is 5.91 Å². The predicted octanol–water partition coefficient (Wildman–Crippen LogP) is 3.99. The molecule has 0 spiro atoms. The summed E-state index contributed by atoms with van der Waals surface area (Å²) in [6.07, 6.45) is 1.76. The van der Waals surface area contributed by atoms with Crippen molar-refractivity contribution in [3.8, 4) is 11.4 Å². The summed E-state index contributed by atoms with van der Waals surface area (Å²) in [7, 11) is 1.64. The molecular formula is C21H23N3O2. The molecule has 2 aromatic carbocycles. The van der Waals surface area contributed by atoms with E-state index in [2.05, 4.69) is 10.4 Å². The summed E-state index contributed by atoms with van der Waals surface area (Å²) in [5, 5.41) is 7.32. The predicted molar refractivity (Wildman–Crippen MR) is 102 cm³/mol. The fourth-order valence-corrected chi connectivity index (χ4v) is 2.94. The normalized spacial score (nSPS) is 11.8. The fourth-order valence-electron chi connectivity index (χ4n) is 2.94. The van der Waals surface area contributed by atoms with Gasteiger partial charge >= 0.3 is 0 Å². The Bertz CT molecular complexity index is 913. The van der Waals surface area contributed by atoms with Crippen LogP contribution in [0.1, 0.15) is 40.1 Å². The molecule has 5 nitrogen and oxygen atoms in total. The number of hydrogen-bond donors (Lipinski definition) is 1. The van der Waals surface area contributed by atoms with Crippen molar-refractivity contribution in [2.75, 3.05) is 7.11 Å². The molecule has 1 heterocycles. The highest BCUT2D eigenvalue weighted by Gasteiger charge is 2.15. The van der Waals surface area contributed by atoms with E-state index in [-0.39, 0.29) is 11.9 Å². The molecule has 0 saturated heterocycles. The van der Waals surface area contributed by atoms with Crippen molar-refractivity contribution in [1.82, 2.24) is 15.1 Å². The van der Waals surface area contributed by atoms with Crippen LogP contribution in [-0.2, 0) is 0 Å². The smallest absolute Gasteiger partial charge is 0.251 e. The number of nitrogens with one attached hydrogen (secondary N) is 1. The molecule has 0 aliphatic rings. The minimum atomic E-state index is -0.162. The van der Waals surface area contributed by atoms with E-state index in [1.165, 1.54) is 0 Å². The first-order chi connectivity index (χ1) is 12.5. The fraction of sp³-hybridized carbons (Fsp3) is 0.238. The second kappa shape index (κ2) is 7.44. The van der Waals surface area contributed by atoms with E-state index in [1.54, 1.807) is 13.3 Å². The van der Waals surface area contributed by atoms with E-state index < -0.39 is 0 Å². The number of aromatic nitrogens is 2. The third kappa shape index (κ3) is 3.61. The number of hydrogen-bond acceptors (Lipinski definition) is 3. The molecule has 3 rings (SSSR count). The minimum absolute atomic E-state index is 0.121. The first kappa shape index (κ1) is 17.7. The number of rotatable bonds is 5. The van der Waals surface area contributed by atoms with Crippen LogP contribution >= 0.6 is 0 Å². The van der Waals surface area contributed by atoms with Gasteiger partial charge in [-0.1, -0.05) is 17.7 Å². The lowest BCUT2D eigenvalue weighted by Gasteiger charge is -2.18. The molecule has 0 aliphatic heterocycles. The Labute approximate surface area is 153 Å². The van der Waals surface area contributed by atoms with Gasteiger partial charge in [-0.25, -0.2) is 4.68 Å². The number of aryl methyl sites for hydroxylation is 2. The minimum Gasteiger partial charge on any atom is -0.496 e. The number of benzene rings is 2. The number of amides is 1. The van der Waals surface area contributed by atoms with Crippen molar-refractivity contribution in [2.45, 2.75) is 26.8 Å². The summed E-state index contributed by atoms with van der Waals surface area (Å²) >= 11 is 0. The number of ether oxygens (including phenoxy) is 1.